The average Bonchev–Trinajstić information content (AvgIpc) is 2.50. The lowest BCUT2D eigenvalue weighted by atomic mass is 9.71. The summed E-state index contributed by atoms with van der Waals surface area (Å²) in [5.41, 5.74) is 6.96. The van der Waals surface area contributed by atoms with Crippen LogP contribution < -0.4 is 5.73 Å². The van der Waals surface area contributed by atoms with E-state index in [2.05, 4.69) is 23.8 Å². The van der Waals surface area contributed by atoms with Crippen molar-refractivity contribution >= 4 is 23.5 Å². The van der Waals surface area contributed by atoms with Crippen LogP contribution in [0.5, 0.6) is 0 Å². The highest BCUT2D eigenvalue weighted by Crippen LogP contribution is 2.39. The number of nitrogens with zero attached hydrogens (tertiary/aromatic N) is 3. The smallest absolute Gasteiger partial charge is 0.407 e. The number of likely N-dealkylation sites (tertiary alicyclic amines) is 1. The first-order valence-corrected chi connectivity index (χ1v) is 8.85. The number of hydrogen-bond donors (Lipinski definition) is 2. The highest BCUT2D eigenvalue weighted by Gasteiger charge is 2.33. The van der Waals surface area contributed by atoms with Gasteiger partial charge in [-0.3, -0.25) is 0 Å². The van der Waals surface area contributed by atoms with Gasteiger partial charge in [-0.2, -0.15) is 0 Å². The highest BCUT2D eigenvalue weighted by molar-refractivity contribution is 6.30. The van der Waals surface area contributed by atoms with Crippen LogP contribution in [0.3, 0.4) is 0 Å². The van der Waals surface area contributed by atoms with E-state index in [1.165, 1.54) is 4.90 Å². The number of nitrogen functional groups attached to an aromatic ring is 1. The third-order valence-corrected chi connectivity index (χ3v) is 5.53. The molecule has 1 aliphatic heterocycles. The van der Waals surface area contributed by atoms with Gasteiger partial charge in [-0.25, -0.2) is 14.8 Å². The van der Waals surface area contributed by atoms with Crippen molar-refractivity contribution in [2.24, 2.45) is 11.3 Å². The number of rotatable bonds is 5. The van der Waals surface area contributed by atoms with E-state index in [-0.39, 0.29) is 5.41 Å². The Kier molecular flexibility index (Phi) is 5.91. The van der Waals surface area contributed by atoms with Crippen molar-refractivity contribution in [2.75, 3.05) is 18.8 Å². The van der Waals surface area contributed by atoms with Gasteiger partial charge in [0.05, 0.1) is 0 Å². The van der Waals surface area contributed by atoms with Crippen molar-refractivity contribution in [2.45, 2.75) is 52.9 Å². The molecule has 24 heavy (non-hydrogen) atoms. The van der Waals surface area contributed by atoms with Gasteiger partial charge in [-0.15, -0.1) is 0 Å². The summed E-state index contributed by atoms with van der Waals surface area (Å²) in [6.45, 7) is 7.58. The molecule has 1 aromatic heterocycles. The van der Waals surface area contributed by atoms with Gasteiger partial charge < -0.3 is 15.7 Å². The van der Waals surface area contributed by atoms with Crippen molar-refractivity contribution < 1.29 is 9.90 Å². The second kappa shape index (κ2) is 7.55. The predicted octanol–water partition coefficient (Wildman–Crippen LogP) is 3.76. The van der Waals surface area contributed by atoms with Crippen LogP contribution >= 0.6 is 11.6 Å². The molecule has 0 aliphatic carbocycles. The first kappa shape index (κ1) is 18.8. The van der Waals surface area contributed by atoms with Gasteiger partial charge in [0.1, 0.15) is 16.8 Å². The monoisotopic (exact) mass is 354 g/mol. The lowest BCUT2D eigenvalue weighted by Gasteiger charge is -2.40. The first-order chi connectivity index (χ1) is 11.2. The van der Waals surface area contributed by atoms with Crippen LogP contribution in [0.25, 0.3) is 0 Å². The van der Waals surface area contributed by atoms with Gasteiger partial charge in [0.25, 0.3) is 0 Å². The normalized spacial score (nSPS) is 16.4. The molecule has 2 rings (SSSR count). The minimum Gasteiger partial charge on any atom is -0.465 e. The molecule has 1 amide bonds. The average molecular weight is 355 g/mol. The van der Waals surface area contributed by atoms with Crippen molar-refractivity contribution in [3.05, 3.63) is 16.5 Å². The standard InChI is InChI=1S/C17H27ClN4O2/c1-11-20-14(18)13(15(19)21-11)5-4-8-17(2,3)12-6-9-22(10-7-12)16(23)24/h12H,4-10H2,1-3H3,(H,23,24)(H2,19,20,21). The lowest BCUT2D eigenvalue weighted by molar-refractivity contribution is 0.0832. The molecule has 3 N–H and O–H groups in total. The molecule has 134 valence electrons. The Morgan fingerprint density at radius 1 is 1.38 bits per heavy atom. The van der Waals surface area contributed by atoms with Gasteiger partial charge >= 0.3 is 6.09 Å². The Hall–Kier alpha value is -1.56. The quantitative estimate of drug-likeness (QED) is 0.785. The summed E-state index contributed by atoms with van der Waals surface area (Å²) < 4.78 is 0. The third kappa shape index (κ3) is 4.50. The molecule has 1 saturated heterocycles. The number of nitrogens with two attached hydrogens (primary N) is 1. The fourth-order valence-corrected chi connectivity index (χ4v) is 3.90. The van der Waals surface area contributed by atoms with Gasteiger partial charge in [0.15, 0.2) is 0 Å². The summed E-state index contributed by atoms with van der Waals surface area (Å²) in [4.78, 5) is 20.9. The number of anilines is 1. The molecular formula is C17H27ClN4O2. The molecule has 1 aromatic rings. The van der Waals surface area contributed by atoms with Crippen LogP contribution in [-0.2, 0) is 6.42 Å². The Morgan fingerprint density at radius 3 is 2.54 bits per heavy atom. The van der Waals surface area contributed by atoms with Crippen LogP contribution in [0.15, 0.2) is 0 Å². The molecule has 0 spiro atoms. The summed E-state index contributed by atoms with van der Waals surface area (Å²) in [7, 11) is 0. The van der Waals surface area contributed by atoms with Crippen LogP contribution in [0.2, 0.25) is 5.15 Å². The van der Waals surface area contributed by atoms with E-state index in [4.69, 9.17) is 22.4 Å². The molecule has 1 aliphatic rings. The maximum atomic E-state index is 11.0. The summed E-state index contributed by atoms with van der Waals surface area (Å²) in [5, 5.41) is 9.51. The number of aryl methyl sites for hydroxylation is 1. The SMILES string of the molecule is Cc1nc(N)c(CCCC(C)(C)C2CCN(C(=O)O)CC2)c(Cl)n1. The number of halogens is 1. The molecule has 6 nitrogen and oxygen atoms in total. The van der Waals surface area contributed by atoms with E-state index in [9.17, 15) is 4.79 Å². The molecule has 1 fully saturated rings. The van der Waals surface area contributed by atoms with E-state index < -0.39 is 6.09 Å². The van der Waals surface area contributed by atoms with Crippen molar-refractivity contribution in [3.8, 4) is 0 Å². The zero-order valence-electron chi connectivity index (χ0n) is 14.7. The molecule has 0 unspecified atom stereocenters. The Morgan fingerprint density at radius 2 is 2.00 bits per heavy atom. The zero-order valence-corrected chi connectivity index (χ0v) is 15.4. The number of carboxylic acid groups (broad SMARTS) is 1. The summed E-state index contributed by atoms with van der Waals surface area (Å²) in [6.07, 6.45) is 3.81. The Balaban J connectivity index is 1.88. The molecule has 0 bridgehead atoms. The van der Waals surface area contributed by atoms with Crippen LogP contribution in [0.4, 0.5) is 10.6 Å². The van der Waals surface area contributed by atoms with Crippen LogP contribution in [-0.4, -0.2) is 39.2 Å². The fourth-order valence-electron chi connectivity index (χ4n) is 3.59. The summed E-state index contributed by atoms with van der Waals surface area (Å²) in [5.74, 6) is 1.60. The summed E-state index contributed by atoms with van der Waals surface area (Å²) >= 11 is 6.19. The van der Waals surface area contributed by atoms with E-state index in [1.54, 1.807) is 6.92 Å². The van der Waals surface area contributed by atoms with E-state index in [0.717, 1.165) is 37.7 Å². The molecular weight excluding hydrogens is 328 g/mol. The number of hydrogen-bond acceptors (Lipinski definition) is 4. The van der Waals surface area contributed by atoms with Crippen LogP contribution in [0.1, 0.15) is 50.9 Å². The minimum atomic E-state index is -0.809. The molecule has 0 aromatic carbocycles. The van der Waals surface area contributed by atoms with Crippen molar-refractivity contribution in [1.82, 2.24) is 14.9 Å². The second-order valence-electron chi connectivity index (χ2n) is 7.31. The van der Waals surface area contributed by atoms with Gasteiger partial charge in [0, 0.05) is 18.7 Å². The number of piperidine rings is 1. The zero-order chi connectivity index (χ0) is 17.9. The van der Waals surface area contributed by atoms with Crippen LogP contribution in [0, 0.1) is 18.3 Å². The second-order valence-corrected chi connectivity index (χ2v) is 7.67. The largest absolute Gasteiger partial charge is 0.465 e. The molecule has 7 heteroatoms. The number of amides is 1. The van der Waals surface area contributed by atoms with Gasteiger partial charge in [0.2, 0.25) is 0 Å². The van der Waals surface area contributed by atoms with E-state index >= 15 is 0 Å². The fraction of sp³-hybridized carbons (Fsp3) is 0.706. The molecule has 2 heterocycles. The molecule has 0 radical (unpaired) electrons. The Labute approximate surface area is 148 Å². The van der Waals surface area contributed by atoms with Crippen molar-refractivity contribution in [1.29, 1.82) is 0 Å². The highest BCUT2D eigenvalue weighted by atomic mass is 35.5. The number of carbonyl (C=O) groups is 1. The van der Waals surface area contributed by atoms with Crippen molar-refractivity contribution in [3.63, 3.8) is 0 Å². The predicted molar refractivity (Wildman–Crippen MR) is 95.2 cm³/mol. The van der Waals surface area contributed by atoms with E-state index in [1.807, 2.05) is 0 Å². The van der Waals surface area contributed by atoms with E-state index in [0.29, 0.717) is 35.8 Å². The minimum absolute atomic E-state index is 0.164. The lowest BCUT2D eigenvalue weighted by Crippen LogP contribution is -2.41. The Bertz CT molecular complexity index is 575. The number of aromatic nitrogens is 2. The maximum Gasteiger partial charge on any atom is 0.407 e. The first-order valence-electron chi connectivity index (χ1n) is 8.47. The van der Waals surface area contributed by atoms with Gasteiger partial charge in [-0.05, 0) is 50.4 Å². The third-order valence-electron chi connectivity index (χ3n) is 5.22. The van der Waals surface area contributed by atoms with Gasteiger partial charge in [-0.1, -0.05) is 25.4 Å². The maximum absolute atomic E-state index is 11.0. The molecule has 0 saturated carbocycles. The summed E-state index contributed by atoms with van der Waals surface area (Å²) in [6, 6.07) is 0. The molecule has 0 atom stereocenters. The topological polar surface area (TPSA) is 92.3 Å².